The largest absolute Gasteiger partial charge is 0.309 e. The van der Waals surface area contributed by atoms with E-state index in [1.807, 2.05) is 6.92 Å². The predicted molar refractivity (Wildman–Crippen MR) is 65.0 cm³/mol. The van der Waals surface area contributed by atoms with Crippen LogP contribution < -0.4 is 5.32 Å². The van der Waals surface area contributed by atoms with Gasteiger partial charge in [0.2, 0.25) is 0 Å². The van der Waals surface area contributed by atoms with Crippen molar-refractivity contribution in [3.05, 3.63) is 34.9 Å². The molecule has 3 heteroatoms. The van der Waals surface area contributed by atoms with Crippen LogP contribution in [0.1, 0.15) is 50.3 Å². The Hall–Kier alpha value is -0.960. The van der Waals surface area contributed by atoms with Gasteiger partial charge in [0.15, 0.2) is 0 Å². The van der Waals surface area contributed by atoms with E-state index in [0.717, 1.165) is 24.6 Å². The lowest BCUT2D eigenvalue weighted by Gasteiger charge is -2.32. The molecule has 0 bridgehead atoms. The number of rotatable bonds is 2. The summed E-state index contributed by atoms with van der Waals surface area (Å²) in [6, 6.07) is 2.55. The third kappa shape index (κ3) is 2.49. The first kappa shape index (κ1) is 12.5. The van der Waals surface area contributed by atoms with E-state index in [4.69, 9.17) is 0 Å². The zero-order valence-electron chi connectivity index (χ0n) is 10.6. The Morgan fingerprint density at radius 1 is 1.35 bits per heavy atom. The fraction of sp³-hybridized carbons (Fsp3) is 0.571. The van der Waals surface area contributed by atoms with Crippen LogP contribution in [0.15, 0.2) is 12.1 Å². The normalized spacial score (nSPS) is 23.9. The monoisotopic (exact) mass is 239 g/mol. The van der Waals surface area contributed by atoms with Crippen molar-refractivity contribution in [3.8, 4) is 0 Å². The van der Waals surface area contributed by atoms with Gasteiger partial charge in [-0.1, -0.05) is 20.8 Å². The third-order valence-electron chi connectivity index (χ3n) is 3.37. The van der Waals surface area contributed by atoms with E-state index >= 15 is 0 Å². The number of hydrogen-bond donors (Lipinski definition) is 1. The summed E-state index contributed by atoms with van der Waals surface area (Å²) in [4.78, 5) is 0. The smallest absolute Gasteiger partial charge is 0.129 e. The Morgan fingerprint density at radius 3 is 2.71 bits per heavy atom. The minimum Gasteiger partial charge on any atom is -0.309 e. The van der Waals surface area contributed by atoms with Crippen LogP contribution in [0.3, 0.4) is 0 Å². The molecule has 1 aromatic carbocycles. The second-order valence-corrected chi connectivity index (χ2v) is 5.38. The zero-order valence-corrected chi connectivity index (χ0v) is 10.6. The molecule has 0 saturated carbocycles. The standard InChI is InChI=1S/C14H19F2N/c1-8(2)4-13-11-5-10(15)6-12(16)14(11)9(3)7-17-13/h5-6,8-9,13,17H,4,7H2,1-3H3. The average molecular weight is 239 g/mol. The van der Waals surface area contributed by atoms with Crippen molar-refractivity contribution in [2.45, 2.75) is 39.2 Å². The van der Waals surface area contributed by atoms with Gasteiger partial charge < -0.3 is 5.32 Å². The first-order valence-electron chi connectivity index (χ1n) is 6.21. The van der Waals surface area contributed by atoms with Gasteiger partial charge in [-0.3, -0.25) is 0 Å². The van der Waals surface area contributed by atoms with Crippen LogP contribution in [0.25, 0.3) is 0 Å². The zero-order chi connectivity index (χ0) is 12.6. The van der Waals surface area contributed by atoms with Gasteiger partial charge in [-0.05, 0) is 35.4 Å². The molecule has 1 aliphatic heterocycles. The van der Waals surface area contributed by atoms with Crippen molar-refractivity contribution < 1.29 is 8.78 Å². The summed E-state index contributed by atoms with van der Waals surface area (Å²) in [6.45, 7) is 6.97. The van der Waals surface area contributed by atoms with Crippen molar-refractivity contribution in [2.24, 2.45) is 5.92 Å². The fourth-order valence-corrected chi connectivity index (χ4v) is 2.63. The summed E-state index contributed by atoms with van der Waals surface area (Å²) in [5.74, 6) is -0.275. The van der Waals surface area contributed by atoms with E-state index in [9.17, 15) is 8.78 Å². The van der Waals surface area contributed by atoms with Crippen molar-refractivity contribution >= 4 is 0 Å². The van der Waals surface area contributed by atoms with Crippen LogP contribution in [0, 0.1) is 17.6 Å². The van der Waals surface area contributed by atoms with Gasteiger partial charge in [-0.25, -0.2) is 8.78 Å². The van der Waals surface area contributed by atoms with E-state index in [0.29, 0.717) is 11.5 Å². The van der Waals surface area contributed by atoms with Crippen LogP contribution >= 0.6 is 0 Å². The van der Waals surface area contributed by atoms with Crippen LogP contribution in [0.2, 0.25) is 0 Å². The van der Waals surface area contributed by atoms with Crippen molar-refractivity contribution in [1.82, 2.24) is 5.32 Å². The molecule has 1 aromatic rings. The topological polar surface area (TPSA) is 12.0 Å². The van der Waals surface area contributed by atoms with Crippen molar-refractivity contribution in [2.75, 3.05) is 6.54 Å². The van der Waals surface area contributed by atoms with E-state index in [1.54, 1.807) is 0 Å². The van der Waals surface area contributed by atoms with E-state index in [2.05, 4.69) is 19.2 Å². The van der Waals surface area contributed by atoms with Crippen molar-refractivity contribution in [3.63, 3.8) is 0 Å². The lowest BCUT2D eigenvalue weighted by Crippen LogP contribution is -2.33. The number of halogens is 2. The highest BCUT2D eigenvalue weighted by atomic mass is 19.1. The maximum atomic E-state index is 13.8. The molecule has 0 amide bonds. The second-order valence-electron chi connectivity index (χ2n) is 5.38. The van der Waals surface area contributed by atoms with Crippen molar-refractivity contribution in [1.29, 1.82) is 0 Å². The summed E-state index contributed by atoms with van der Waals surface area (Å²) < 4.78 is 27.2. The van der Waals surface area contributed by atoms with Crippen LogP contribution in [-0.4, -0.2) is 6.54 Å². The van der Waals surface area contributed by atoms with Gasteiger partial charge in [0.05, 0.1) is 0 Å². The highest BCUT2D eigenvalue weighted by molar-refractivity contribution is 5.37. The van der Waals surface area contributed by atoms with Crippen LogP contribution in [-0.2, 0) is 0 Å². The van der Waals surface area contributed by atoms with E-state index < -0.39 is 11.6 Å². The molecule has 1 aliphatic rings. The molecule has 0 aromatic heterocycles. The summed E-state index contributed by atoms with van der Waals surface area (Å²) in [6.07, 6.45) is 0.905. The number of hydrogen-bond acceptors (Lipinski definition) is 1. The summed E-state index contributed by atoms with van der Waals surface area (Å²) in [5, 5.41) is 3.38. The summed E-state index contributed by atoms with van der Waals surface area (Å²) in [5.41, 5.74) is 1.49. The molecular formula is C14H19F2N. The average Bonchev–Trinajstić information content (AvgIpc) is 2.20. The van der Waals surface area contributed by atoms with Crippen LogP contribution in [0.4, 0.5) is 8.78 Å². The van der Waals surface area contributed by atoms with Crippen LogP contribution in [0.5, 0.6) is 0 Å². The Labute approximate surface area is 101 Å². The molecule has 0 aliphatic carbocycles. The van der Waals surface area contributed by atoms with Gasteiger partial charge in [0.25, 0.3) is 0 Å². The molecule has 17 heavy (non-hydrogen) atoms. The SMILES string of the molecule is CC(C)CC1NCC(C)c2c(F)cc(F)cc21. The Bertz CT molecular complexity index is 415. The predicted octanol–water partition coefficient (Wildman–Crippen LogP) is 3.76. The number of nitrogens with one attached hydrogen (secondary N) is 1. The Kier molecular flexibility index (Phi) is 3.48. The third-order valence-corrected chi connectivity index (χ3v) is 3.37. The minimum absolute atomic E-state index is 0.0754. The molecule has 2 rings (SSSR count). The maximum Gasteiger partial charge on any atom is 0.129 e. The Morgan fingerprint density at radius 2 is 2.06 bits per heavy atom. The molecule has 0 spiro atoms. The lowest BCUT2D eigenvalue weighted by atomic mass is 9.84. The fourth-order valence-electron chi connectivity index (χ4n) is 2.63. The number of benzene rings is 1. The Balaban J connectivity index is 2.43. The second kappa shape index (κ2) is 4.73. The molecule has 0 saturated heterocycles. The quantitative estimate of drug-likeness (QED) is 0.828. The molecule has 2 unspecified atom stereocenters. The first-order valence-corrected chi connectivity index (χ1v) is 6.21. The maximum absolute atomic E-state index is 13.8. The van der Waals surface area contributed by atoms with E-state index in [-0.39, 0.29) is 12.0 Å². The highest BCUT2D eigenvalue weighted by Gasteiger charge is 2.28. The molecule has 0 radical (unpaired) electrons. The van der Waals surface area contributed by atoms with E-state index in [1.165, 1.54) is 6.07 Å². The molecular weight excluding hydrogens is 220 g/mol. The number of fused-ring (bicyclic) bond motifs is 1. The highest BCUT2D eigenvalue weighted by Crippen LogP contribution is 2.35. The van der Waals surface area contributed by atoms with Gasteiger partial charge in [0.1, 0.15) is 11.6 Å². The molecule has 94 valence electrons. The molecule has 1 nitrogen and oxygen atoms in total. The molecule has 0 fully saturated rings. The van der Waals surface area contributed by atoms with Gasteiger partial charge >= 0.3 is 0 Å². The first-order chi connectivity index (χ1) is 7.99. The summed E-state index contributed by atoms with van der Waals surface area (Å²) >= 11 is 0. The molecule has 1 N–H and O–H groups in total. The van der Waals surface area contributed by atoms with Gasteiger partial charge in [-0.2, -0.15) is 0 Å². The summed E-state index contributed by atoms with van der Waals surface area (Å²) in [7, 11) is 0. The lowest BCUT2D eigenvalue weighted by molar-refractivity contribution is 0.385. The molecule has 1 heterocycles. The minimum atomic E-state index is -0.481. The van der Waals surface area contributed by atoms with Gasteiger partial charge in [-0.15, -0.1) is 0 Å². The van der Waals surface area contributed by atoms with Gasteiger partial charge in [0, 0.05) is 18.7 Å². The molecule has 2 atom stereocenters.